The molecule has 17 heavy (non-hydrogen) atoms. The van der Waals surface area contributed by atoms with E-state index in [2.05, 4.69) is 16.4 Å². The number of hydrogen-bond acceptors (Lipinski definition) is 2. The summed E-state index contributed by atoms with van der Waals surface area (Å²) in [5.74, 6) is -0.274. The lowest BCUT2D eigenvalue weighted by Crippen LogP contribution is -2.24. The van der Waals surface area contributed by atoms with Crippen molar-refractivity contribution in [1.29, 1.82) is 0 Å². The molecule has 1 unspecified atom stereocenters. The van der Waals surface area contributed by atoms with Gasteiger partial charge in [-0.1, -0.05) is 0 Å². The minimum Gasteiger partial charge on any atom is -0.346 e. The summed E-state index contributed by atoms with van der Waals surface area (Å²) in [5, 5.41) is 3.48. The predicted molar refractivity (Wildman–Crippen MR) is 65.4 cm³/mol. The van der Waals surface area contributed by atoms with Gasteiger partial charge in [0.2, 0.25) is 0 Å². The molecule has 2 aromatic rings. The molecule has 1 aliphatic heterocycles. The number of aryl methyl sites for hydroxylation is 1. The number of nitrogens with zero attached hydrogens (tertiary/aromatic N) is 2. The largest absolute Gasteiger partial charge is 0.346 e. The van der Waals surface area contributed by atoms with Crippen molar-refractivity contribution >= 4 is 11.0 Å². The number of pyridine rings is 1. The van der Waals surface area contributed by atoms with Crippen LogP contribution in [0, 0.1) is 5.82 Å². The Morgan fingerprint density at radius 3 is 3.18 bits per heavy atom. The average molecular weight is 233 g/mol. The lowest BCUT2D eigenvalue weighted by atomic mass is 10.1. The molecule has 1 aliphatic rings. The van der Waals surface area contributed by atoms with E-state index in [9.17, 15) is 4.39 Å². The van der Waals surface area contributed by atoms with Gasteiger partial charge in [-0.25, -0.2) is 4.39 Å². The molecule has 0 aliphatic carbocycles. The Morgan fingerprint density at radius 2 is 2.41 bits per heavy atom. The van der Waals surface area contributed by atoms with Crippen molar-refractivity contribution in [2.45, 2.75) is 25.3 Å². The van der Waals surface area contributed by atoms with E-state index in [1.807, 2.05) is 11.6 Å². The van der Waals surface area contributed by atoms with E-state index in [4.69, 9.17) is 0 Å². The molecular formula is C13H16FN3. The van der Waals surface area contributed by atoms with Gasteiger partial charge >= 0.3 is 0 Å². The summed E-state index contributed by atoms with van der Waals surface area (Å²) in [6, 6.07) is 4.17. The van der Waals surface area contributed by atoms with E-state index in [1.54, 1.807) is 6.07 Å². The first kappa shape index (κ1) is 10.7. The standard InChI is InChI=1S/C13H16FN3/c1-17-11(6-10-3-2-4-15-10)7-12-13(17)5-9(14)8-16-12/h5,7-8,10,15H,2-4,6H2,1H3. The van der Waals surface area contributed by atoms with Gasteiger partial charge < -0.3 is 9.88 Å². The van der Waals surface area contributed by atoms with Gasteiger partial charge in [0.25, 0.3) is 0 Å². The van der Waals surface area contributed by atoms with Gasteiger partial charge in [0.1, 0.15) is 5.82 Å². The molecular weight excluding hydrogens is 217 g/mol. The molecule has 1 atom stereocenters. The third-order valence-electron chi connectivity index (χ3n) is 3.58. The highest BCUT2D eigenvalue weighted by Crippen LogP contribution is 2.20. The van der Waals surface area contributed by atoms with Crippen molar-refractivity contribution in [2.24, 2.45) is 7.05 Å². The molecule has 90 valence electrons. The first-order chi connectivity index (χ1) is 8.24. The Morgan fingerprint density at radius 1 is 1.53 bits per heavy atom. The van der Waals surface area contributed by atoms with Crippen LogP contribution in [-0.2, 0) is 13.5 Å². The van der Waals surface area contributed by atoms with Crippen molar-refractivity contribution < 1.29 is 4.39 Å². The topological polar surface area (TPSA) is 29.9 Å². The molecule has 4 heteroatoms. The lowest BCUT2D eigenvalue weighted by Gasteiger charge is -2.10. The Balaban J connectivity index is 1.96. The fraction of sp³-hybridized carbons (Fsp3) is 0.462. The van der Waals surface area contributed by atoms with Crippen molar-refractivity contribution in [3.05, 3.63) is 29.8 Å². The maximum Gasteiger partial charge on any atom is 0.143 e. The molecule has 1 fully saturated rings. The zero-order valence-electron chi connectivity index (χ0n) is 9.91. The predicted octanol–water partition coefficient (Wildman–Crippen LogP) is 2.01. The maximum atomic E-state index is 13.1. The summed E-state index contributed by atoms with van der Waals surface area (Å²) >= 11 is 0. The third-order valence-corrected chi connectivity index (χ3v) is 3.58. The van der Waals surface area contributed by atoms with E-state index in [-0.39, 0.29) is 5.82 Å². The molecule has 3 nitrogen and oxygen atoms in total. The fourth-order valence-corrected chi connectivity index (χ4v) is 2.61. The Kier molecular flexibility index (Phi) is 2.59. The number of hydrogen-bond donors (Lipinski definition) is 1. The SMILES string of the molecule is Cn1c(CC2CCCN2)cc2ncc(F)cc21. The van der Waals surface area contributed by atoms with E-state index in [0.717, 1.165) is 24.0 Å². The molecule has 0 saturated carbocycles. The molecule has 3 rings (SSSR count). The summed E-state index contributed by atoms with van der Waals surface area (Å²) in [6.45, 7) is 1.11. The van der Waals surface area contributed by atoms with Crippen LogP contribution >= 0.6 is 0 Å². The highest BCUT2D eigenvalue weighted by Gasteiger charge is 2.17. The van der Waals surface area contributed by atoms with Crippen molar-refractivity contribution in [2.75, 3.05) is 6.54 Å². The Bertz CT molecular complexity index is 541. The third kappa shape index (κ3) is 1.93. The van der Waals surface area contributed by atoms with Crippen LogP contribution in [0.15, 0.2) is 18.3 Å². The first-order valence-electron chi connectivity index (χ1n) is 6.07. The number of rotatable bonds is 2. The van der Waals surface area contributed by atoms with Gasteiger partial charge in [0.15, 0.2) is 0 Å². The second-order valence-electron chi connectivity index (χ2n) is 4.75. The Labute approximate surface area is 99.7 Å². The monoisotopic (exact) mass is 233 g/mol. The maximum absolute atomic E-state index is 13.1. The normalized spacial score (nSPS) is 20.2. The van der Waals surface area contributed by atoms with Gasteiger partial charge in [-0.3, -0.25) is 4.98 Å². The van der Waals surface area contributed by atoms with Gasteiger partial charge in [-0.15, -0.1) is 0 Å². The molecule has 1 N–H and O–H groups in total. The second-order valence-corrected chi connectivity index (χ2v) is 4.75. The van der Waals surface area contributed by atoms with Crippen LogP contribution in [0.2, 0.25) is 0 Å². The lowest BCUT2D eigenvalue weighted by molar-refractivity contribution is 0.585. The number of nitrogens with one attached hydrogen (secondary N) is 1. The van der Waals surface area contributed by atoms with Crippen LogP contribution in [-0.4, -0.2) is 22.1 Å². The van der Waals surface area contributed by atoms with Crippen molar-refractivity contribution in [1.82, 2.24) is 14.9 Å². The summed E-state index contributed by atoms with van der Waals surface area (Å²) in [4.78, 5) is 4.12. The van der Waals surface area contributed by atoms with Crippen LogP contribution in [0.1, 0.15) is 18.5 Å². The molecule has 0 spiro atoms. The van der Waals surface area contributed by atoms with Crippen LogP contribution in [0.25, 0.3) is 11.0 Å². The number of halogens is 1. The minimum atomic E-state index is -0.274. The molecule has 3 heterocycles. The molecule has 0 radical (unpaired) electrons. The average Bonchev–Trinajstić information content (AvgIpc) is 2.91. The molecule has 1 saturated heterocycles. The number of aromatic nitrogens is 2. The van der Waals surface area contributed by atoms with Crippen LogP contribution in [0.4, 0.5) is 4.39 Å². The summed E-state index contributed by atoms with van der Waals surface area (Å²) < 4.78 is 15.2. The molecule has 0 aromatic carbocycles. The zero-order valence-corrected chi connectivity index (χ0v) is 9.91. The van der Waals surface area contributed by atoms with Gasteiger partial charge in [-0.05, 0) is 25.5 Å². The summed E-state index contributed by atoms with van der Waals surface area (Å²) in [6.07, 6.45) is 4.75. The van der Waals surface area contributed by atoms with Crippen LogP contribution < -0.4 is 5.32 Å². The molecule has 2 aromatic heterocycles. The first-order valence-corrected chi connectivity index (χ1v) is 6.07. The minimum absolute atomic E-state index is 0.274. The molecule has 0 amide bonds. The smallest absolute Gasteiger partial charge is 0.143 e. The van der Waals surface area contributed by atoms with Crippen molar-refractivity contribution in [3.63, 3.8) is 0 Å². The van der Waals surface area contributed by atoms with E-state index in [1.165, 1.54) is 24.7 Å². The second kappa shape index (κ2) is 4.11. The van der Waals surface area contributed by atoms with E-state index in [0.29, 0.717) is 6.04 Å². The van der Waals surface area contributed by atoms with Crippen molar-refractivity contribution in [3.8, 4) is 0 Å². The fourth-order valence-electron chi connectivity index (χ4n) is 2.61. The highest BCUT2D eigenvalue weighted by molar-refractivity contribution is 5.76. The number of fused-ring (bicyclic) bond motifs is 1. The van der Waals surface area contributed by atoms with Gasteiger partial charge in [0.05, 0.1) is 17.2 Å². The van der Waals surface area contributed by atoms with Gasteiger partial charge in [0, 0.05) is 31.3 Å². The summed E-state index contributed by atoms with van der Waals surface area (Å²) in [5.41, 5.74) is 2.97. The van der Waals surface area contributed by atoms with E-state index < -0.39 is 0 Å². The zero-order chi connectivity index (χ0) is 11.8. The van der Waals surface area contributed by atoms with Crippen LogP contribution in [0.5, 0.6) is 0 Å². The Hall–Kier alpha value is -1.42. The van der Waals surface area contributed by atoms with E-state index >= 15 is 0 Å². The van der Waals surface area contributed by atoms with Gasteiger partial charge in [-0.2, -0.15) is 0 Å². The van der Waals surface area contributed by atoms with Crippen LogP contribution in [0.3, 0.4) is 0 Å². The molecule has 0 bridgehead atoms. The quantitative estimate of drug-likeness (QED) is 0.860. The summed E-state index contributed by atoms with van der Waals surface area (Å²) in [7, 11) is 1.98. The highest BCUT2D eigenvalue weighted by atomic mass is 19.1.